The number of nitrogens with one attached hydrogen (secondary N) is 2. The van der Waals surface area contributed by atoms with E-state index in [9.17, 15) is 4.79 Å². The van der Waals surface area contributed by atoms with Crippen molar-refractivity contribution < 1.29 is 9.53 Å². The van der Waals surface area contributed by atoms with Crippen LogP contribution < -0.4 is 15.4 Å². The van der Waals surface area contributed by atoms with Crippen molar-refractivity contribution in [3.63, 3.8) is 0 Å². The number of halogens is 1. The van der Waals surface area contributed by atoms with E-state index in [1.807, 2.05) is 36.9 Å². The Morgan fingerprint density at radius 1 is 1.20 bits per heavy atom. The van der Waals surface area contributed by atoms with E-state index in [0.717, 1.165) is 62.3 Å². The summed E-state index contributed by atoms with van der Waals surface area (Å²) in [5.74, 6) is 2.84. The molecule has 0 bridgehead atoms. The molecule has 168 valence electrons. The van der Waals surface area contributed by atoms with Crippen LogP contribution in [0.5, 0.6) is 5.75 Å². The first-order valence-electron chi connectivity index (χ1n) is 11.1. The second kappa shape index (κ2) is 12.4. The summed E-state index contributed by atoms with van der Waals surface area (Å²) in [7, 11) is 0. The average Bonchev–Trinajstić information content (AvgIpc) is 3.56. The molecular weight excluding hydrogens is 491 g/mol. The van der Waals surface area contributed by atoms with E-state index in [4.69, 9.17) is 9.73 Å². The molecule has 0 aromatic heterocycles. The van der Waals surface area contributed by atoms with Crippen molar-refractivity contribution in [2.24, 2.45) is 16.8 Å². The Kier molecular flexibility index (Phi) is 10.2. The molecule has 2 aliphatic rings. The van der Waals surface area contributed by atoms with Gasteiger partial charge < -0.3 is 20.3 Å². The fraction of sp³-hybridized carbons (Fsp3) is 0.652. The normalized spacial score (nSPS) is 17.5. The van der Waals surface area contributed by atoms with Crippen molar-refractivity contribution in [1.29, 1.82) is 0 Å². The number of ether oxygens (including phenoxy) is 1. The maximum Gasteiger partial charge on any atom is 0.225 e. The van der Waals surface area contributed by atoms with Gasteiger partial charge in [-0.15, -0.1) is 24.0 Å². The molecule has 0 unspecified atom stereocenters. The third-order valence-electron chi connectivity index (χ3n) is 5.54. The number of carbonyl (C=O) groups is 1. The molecule has 1 aromatic rings. The van der Waals surface area contributed by atoms with Crippen molar-refractivity contribution in [3.05, 3.63) is 29.8 Å². The SMILES string of the molecule is CCNC(=NCc1ccccc1OCC1CC1)NC1CCN(C(=O)C(C)C)CC1.I. The highest BCUT2D eigenvalue weighted by molar-refractivity contribution is 14.0. The molecule has 1 heterocycles. The fourth-order valence-corrected chi connectivity index (χ4v) is 3.55. The van der Waals surface area contributed by atoms with Gasteiger partial charge in [0.05, 0.1) is 13.2 Å². The first-order chi connectivity index (χ1) is 14.1. The second-order valence-electron chi connectivity index (χ2n) is 8.46. The third kappa shape index (κ3) is 7.63. The van der Waals surface area contributed by atoms with Gasteiger partial charge in [-0.25, -0.2) is 4.99 Å². The molecule has 0 spiro atoms. The number of benzene rings is 1. The first kappa shape index (κ1) is 24.8. The van der Waals surface area contributed by atoms with Crippen LogP contribution in [0.1, 0.15) is 52.0 Å². The molecule has 2 N–H and O–H groups in total. The molecule has 1 aromatic carbocycles. The predicted octanol–water partition coefficient (Wildman–Crippen LogP) is 3.80. The highest BCUT2D eigenvalue weighted by atomic mass is 127. The van der Waals surface area contributed by atoms with Gasteiger partial charge in [0.2, 0.25) is 5.91 Å². The van der Waals surface area contributed by atoms with Crippen LogP contribution >= 0.6 is 24.0 Å². The molecule has 1 aliphatic carbocycles. The highest BCUT2D eigenvalue weighted by Gasteiger charge is 2.25. The molecular formula is C23H37IN4O2. The molecule has 3 rings (SSSR count). The largest absolute Gasteiger partial charge is 0.493 e. The molecule has 7 heteroatoms. The number of aliphatic imine (C=N–C) groups is 1. The number of hydrogen-bond acceptors (Lipinski definition) is 3. The minimum absolute atomic E-state index is 0. The topological polar surface area (TPSA) is 66.0 Å². The van der Waals surface area contributed by atoms with E-state index in [0.29, 0.717) is 12.6 Å². The number of piperidine rings is 1. The molecule has 0 radical (unpaired) electrons. The van der Waals surface area contributed by atoms with Gasteiger partial charge in [0.1, 0.15) is 5.75 Å². The van der Waals surface area contributed by atoms with Gasteiger partial charge in [-0.1, -0.05) is 32.0 Å². The van der Waals surface area contributed by atoms with Crippen molar-refractivity contribution in [1.82, 2.24) is 15.5 Å². The Labute approximate surface area is 198 Å². The predicted molar refractivity (Wildman–Crippen MR) is 132 cm³/mol. The zero-order chi connectivity index (χ0) is 20.6. The van der Waals surface area contributed by atoms with Crippen molar-refractivity contribution in [2.75, 3.05) is 26.2 Å². The van der Waals surface area contributed by atoms with E-state index in [1.54, 1.807) is 0 Å². The molecule has 6 nitrogen and oxygen atoms in total. The standard InChI is InChI=1S/C23H36N4O2.HI/c1-4-24-23(26-20-11-13-27(14-12-20)22(28)17(2)3)25-15-19-7-5-6-8-21(19)29-16-18-9-10-18;/h5-8,17-18,20H,4,9-16H2,1-3H3,(H2,24,25,26);1H. The Hall–Kier alpha value is -1.51. The smallest absolute Gasteiger partial charge is 0.225 e. The number of rotatable bonds is 8. The molecule has 2 fully saturated rings. The van der Waals surface area contributed by atoms with Gasteiger partial charge >= 0.3 is 0 Å². The summed E-state index contributed by atoms with van der Waals surface area (Å²) >= 11 is 0. The number of amides is 1. The van der Waals surface area contributed by atoms with Gasteiger partial charge in [-0.05, 0) is 44.6 Å². The van der Waals surface area contributed by atoms with Gasteiger partial charge in [0.15, 0.2) is 5.96 Å². The Morgan fingerprint density at radius 3 is 2.53 bits per heavy atom. The first-order valence-corrected chi connectivity index (χ1v) is 11.1. The lowest BCUT2D eigenvalue weighted by Crippen LogP contribution is -2.50. The third-order valence-corrected chi connectivity index (χ3v) is 5.54. The van der Waals surface area contributed by atoms with Crippen LogP contribution in [0, 0.1) is 11.8 Å². The van der Waals surface area contributed by atoms with Gasteiger partial charge in [0, 0.05) is 37.2 Å². The lowest BCUT2D eigenvalue weighted by molar-refractivity contribution is -0.135. The van der Waals surface area contributed by atoms with Gasteiger partial charge in [-0.3, -0.25) is 4.79 Å². The Balaban J connectivity index is 0.00000320. The summed E-state index contributed by atoms with van der Waals surface area (Å²) in [5, 5.41) is 6.91. The molecule has 0 atom stereocenters. The summed E-state index contributed by atoms with van der Waals surface area (Å²) in [4.78, 5) is 19.0. The average molecular weight is 528 g/mol. The molecule has 1 saturated carbocycles. The number of carbonyl (C=O) groups excluding carboxylic acids is 1. The summed E-state index contributed by atoms with van der Waals surface area (Å²) in [6.45, 7) is 9.85. The molecule has 1 amide bonds. The van der Waals surface area contributed by atoms with Crippen molar-refractivity contribution in [2.45, 2.75) is 59.0 Å². The van der Waals surface area contributed by atoms with E-state index in [1.165, 1.54) is 12.8 Å². The number of nitrogens with zero attached hydrogens (tertiary/aromatic N) is 2. The van der Waals surface area contributed by atoms with Crippen molar-refractivity contribution in [3.8, 4) is 5.75 Å². The Bertz CT molecular complexity index is 698. The van der Waals surface area contributed by atoms with Crippen LogP contribution in [-0.4, -0.2) is 49.0 Å². The number of likely N-dealkylation sites (tertiary alicyclic amines) is 1. The van der Waals surface area contributed by atoms with E-state index < -0.39 is 0 Å². The van der Waals surface area contributed by atoms with Crippen LogP contribution in [0.15, 0.2) is 29.3 Å². The highest BCUT2D eigenvalue weighted by Crippen LogP contribution is 2.30. The fourth-order valence-electron chi connectivity index (χ4n) is 3.55. The molecule has 30 heavy (non-hydrogen) atoms. The van der Waals surface area contributed by atoms with Gasteiger partial charge in [0.25, 0.3) is 0 Å². The monoisotopic (exact) mass is 528 g/mol. The van der Waals surface area contributed by atoms with E-state index >= 15 is 0 Å². The van der Waals surface area contributed by atoms with Crippen LogP contribution in [0.25, 0.3) is 0 Å². The second-order valence-corrected chi connectivity index (χ2v) is 8.46. The molecule has 1 saturated heterocycles. The summed E-state index contributed by atoms with van der Waals surface area (Å²) in [6, 6.07) is 8.52. The Morgan fingerprint density at radius 2 is 1.90 bits per heavy atom. The van der Waals surface area contributed by atoms with Crippen LogP contribution in [0.3, 0.4) is 0 Å². The minimum Gasteiger partial charge on any atom is -0.493 e. The zero-order valence-corrected chi connectivity index (χ0v) is 20.9. The quantitative estimate of drug-likeness (QED) is 0.306. The minimum atomic E-state index is 0. The lowest BCUT2D eigenvalue weighted by Gasteiger charge is -2.34. The number of para-hydroxylation sites is 1. The molecule has 1 aliphatic heterocycles. The van der Waals surface area contributed by atoms with Crippen molar-refractivity contribution >= 4 is 35.8 Å². The van der Waals surface area contributed by atoms with Crippen LogP contribution in [-0.2, 0) is 11.3 Å². The maximum absolute atomic E-state index is 12.2. The summed E-state index contributed by atoms with van der Waals surface area (Å²) in [5.41, 5.74) is 1.11. The maximum atomic E-state index is 12.2. The lowest BCUT2D eigenvalue weighted by atomic mass is 10.0. The van der Waals surface area contributed by atoms with Crippen LogP contribution in [0.4, 0.5) is 0 Å². The zero-order valence-electron chi connectivity index (χ0n) is 18.5. The van der Waals surface area contributed by atoms with E-state index in [2.05, 4.69) is 23.6 Å². The van der Waals surface area contributed by atoms with E-state index in [-0.39, 0.29) is 35.8 Å². The van der Waals surface area contributed by atoms with Crippen LogP contribution in [0.2, 0.25) is 0 Å². The number of hydrogen-bond donors (Lipinski definition) is 2. The summed E-state index contributed by atoms with van der Waals surface area (Å²) in [6.07, 6.45) is 4.47. The number of guanidine groups is 1. The summed E-state index contributed by atoms with van der Waals surface area (Å²) < 4.78 is 6.01. The van der Waals surface area contributed by atoms with Gasteiger partial charge in [-0.2, -0.15) is 0 Å².